The van der Waals surface area contributed by atoms with Gasteiger partial charge in [-0.15, -0.1) is 10.2 Å². The fourth-order valence-corrected chi connectivity index (χ4v) is 3.83. The number of nitrogens with one attached hydrogen (secondary N) is 2. The van der Waals surface area contributed by atoms with Crippen molar-refractivity contribution in [1.82, 2.24) is 30.8 Å². The molecule has 4 aromatic rings. The highest BCUT2D eigenvalue weighted by atomic mass is 32.2. The Morgan fingerprint density at radius 1 is 1.03 bits per heavy atom. The number of hydrazine groups is 1. The number of hydrogen-bond donors (Lipinski definition) is 2. The lowest BCUT2D eigenvalue weighted by Crippen LogP contribution is -2.41. The third kappa shape index (κ3) is 4.70. The average molecular weight is 449 g/mol. The third-order valence-electron chi connectivity index (χ3n) is 4.68. The van der Waals surface area contributed by atoms with Crippen molar-refractivity contribution >= 4 is 23.6 Å². The van der Waals surface area contributed by atoms with E-state index in [1.807, 2.05) is 54.1 Å². The molecule has 0 unspecified atom stereocenters. The van der Waals surface area contributed by atoms with Crippen LogP contribution < -0.4 is 10.9 Å². The second-order valence-corrected chi connectivity index (χ2v) is 7.89. The number of amides is 2. The Morgan fingerprint density at radius 3 is 2.44 bits per heavy atom. The van der Waals surface area contributed by atoms with Crippen LogP contribution in [0.3, 0.4) is 0 Å². The quantitative estimate of drug-likeness (QED) is 0.344. The van der Waals surface area contributed by atoms with Gasteiger partial charge < -0.3 is 9.09 Å². The van der Waals surface area contributed by atoms with E-state index in [1.54, 1.807) is 37.1 Å². The molecule has 0 radical (unpaired) electrons. The summed E-state index contributed by atoms with van der Waals surface area (Å²) >= 11 is 1.55. The number of rotatable bonds is 6. The number of hydrogen-bond acceptors (Lipinski definition) is 7. The highest BCUT2D eigenvalue weighted by Crippen LogP contribution is 2.25. The van der Waals surface area contributed by atoms with E-state index < -0.39 is 11.8 Å². The predicted octanol–water partition coefficient (Wildman–Crippen LogP) is 3.15. The summed E-state index contributed by atoms with van der Waals surface area (Å²) in [5, 5.41) is 12.7. The van der Waals surface area contributed by atoms with Crippen LogP contribution in [0.5, 0.6) is 0 Å². The summed E-state index contributed by atoms with van der Waals surface area (Å²) in [7, 11) is 1.88. The topological polar surface area (TPSA) is 115 Å². The van der Waals surface area contributed by atoms with Gasteiger partial charge in [0.15, 0.2) is 5.16 Å². The summed E-state index contributed by atoms with van der Waals surface area (Å²) in [5.74, 6) is 0.120. The molecule has 4 rings (SSSR count). The molecule has 2 aromatic heterocycles. The van der Waals surface area contributed by atoms with Crippen molar-refractivity contribution in [2.24, 2.45) is 7.05 Å². The molecule has 0 bridgehead atoms. The third-order valence-corrected chi connectivity index (χ3v) is 5.79. The smallest absolute Gasteiger partial charge is 0.275 e. The van der Waals surface area contributed by atoms with Gasteiger partial charge in [-0.3, -0.25) is 20.4 Å². The van der Waals surface area contributed by atoms with Crippen LogP contribution in [0.15, 0.2) is 70.6 Å². The van der Waals surface area contributed by atoms with Gasteiger partial charge in [0, 0.05) is 23.9 Å². The van der Waals surface area contributed by atoms with Crippen LogP contribution in [0, 0.1) is 6.92 Å². The average Bonchev–Trinajstić information content (AvgIpc) is 3.41. The van der Waals surface area contributed by atoms with Crippen molar-refractivity contribution in [1.29, 1.82) is 0 Å². The minimum Gasteiger partial charge on any atom is -0.360 e. The standard InChI is InChI=1S/C22H20N6O3S/c1-14-18(19(27-31-14)16-6-4-3-5-7-16)21(30)25-24-20(29)17-10-8-15(9-11-17)12-32-22-26-23-13-28(22)2/h3-11,13H,12H2,1-2H3,(H,24,29)(H,25,30). The maximum atomic E-state index is 12.7. The van der Waals surface area contributed by atoms with E-state index in [1.165, 1.54) is 0 Å². The first-order valence-corrected chi connectivity index (χ1v) is 10.7. The summed E-state index contributed by atoms with van der Waals surface area (Å²) in [5.41, 5.74) is 7.76. The molecule has 9 nitrogen and oxygen atoms in total. The van der Waals surface area contributed by atoms with Crippen molar-refractivity contribution in [2.75, 3.05) is 0 Å². The highest BCUT2D eigenvalue weighted by Gasteiger charge is 2.22. The first kappa shape index (κ1) is 21.3. The number of nitrogens with zero attached hydrogens (tertiary/aromatic N) is 4. The molecule has 32 heavy (non-hydrogen) atoms. The molecule has 0 spiro atoms. The summed E-state index contributed by atoms with van der Waals surface area (Å²) in [4.78, 5) is 25.2. The first-order valence-electron chi connectivity index (χ1n) is 9.71. The molecule has 0 aliphatic heterocycles. The fourth-order valence-electron chi connectivity index (χ4n) is 2.98. The first-order chi connectivity index (χ1) is 15.5. The molecule has 0 saturated carbocycles. The molecule has 0 atom stereocenters. The lowest BCUT2D eigenvalue weighted by molar-refractivity contribution is 0.0846. The van der Waals surface area contributed by atoms with Crippen LogP contribution in [0.1, 0.15) is 32.0 Å². The molecule has 0 saturated heterocycles. The minimum absolute atomic E-state index is 0.271. The molecule has 0 aliphatic rings. The second-order valence-electron chi connectivity index (χ2n) is 6.95. The van der Waals surface area contributed by atoms with Gasteiger partial charge in [-0.05, 0) is 24.6 Å². The summed E-state index contributed by atoms with van der Waals surface area (Å²) in [6, 6.07) is 16.3. The van der Waals surface area contributed by atoms with E-state index in [9.17, 15) is 9.59 Å². The largest absolute Gasteiger partial charge is 0.360 e. The Labute approximate surface area is 188 Å². The molecule has 0 fully saturated rings. The molecular weight excluding hydrogens is 428 g/mol. The zero-order chi connectivity index (χ0) is 22.5. The van der Waals surface area contributed by atoms with Gasteiger partial charge >= 0.3 is 0 Å². The van der Waals surface area contributed by atoms with E-state index in [0.717, 1.165) is 16.3 Å². The lowest BCUT2D eigenvalue weighted by Gasteiger charge is -2.08. The number of aryl methyl sites for hydroxylation is 2. The van der Waals surface area contributed by atoms with E-state index in [2.05, 4.69) is 26.2 Å². The zero-order valence-electron chi connectivity index (χ0n) is 17.4. The Kier molecular flexibility index (Phi) is 6.31. The van der Waals surface area contributed by atoms with Crippen LogP contribution >= 0.6 is 11.8 Å². The van der Waals surface area contributed by atoms with Gasteiger partial charge in [0.25, 0.3) is 11.8 Å². The highest BCUT2D eigenvalue weighted by molar-refractivity contribution is 7.98. The number of thioether (sulfide) groups is 1. The van der Waals surface area contributed by atoms with E-state index in [4.69, 9.17) is 4.52 Å². The van der Waals surface area contributed by atoms with Crippen molar-refractivity contribution in [2.45, 2.75) is 17.8 Å². The fraction of sp³-hybridized carbons (Fsp3) is 0.136. The Morgan fingerprint density at radius 2 is 1.75 bits per heavy atom. The maximum Gasteiger partial charge on any atom is 0.275 e. The number of carbonyl (C=O) groups is 2. The summed E-state index contributed by atoms with van der Waals surface area (Å²) < 4.78 is 7.04. The van der Waals surface area contributed by atoms with Crippen LogP contribution in [-0.4, -0.2) is 31.7 Å². The molecule has 2 heterocycles. The van der Waals surface area contributed by atoms with Gasteiger partial charge in [0.2, 0.25) is 0 Å². The molecule has 0 aliphatic carbocycles. The Bertz CT molecular complexity index is 1230. The SMILES string of the molecule is Cc1onc(-c2ccccc2)c1C(=O)NNC(=O)c1ccc(CSc2nncn2C)cc1. The molecule has 2 amide bonds. The predicted molar refractivity (Wildman–Crippen MR) is 119 cm³/mol. The van der Waals surface area contributed by atoms with Gasteiger partial charge in [0.1, 0.15) is 23.3 Å². The van der Waals surface area contributed by atoms with Gasteiger partial charge in [-0.25, -0.2) is 0 Å². The zero-order valence-corrected chi connectivity index (χ0v) is 18.2. The molecule has 162 valence electrons. The van der Waals surface area contributed by atoms with Crippen molar-refractivity contribution in [3.63, 3.8) is 0 Å². The Balaban J connectivity index is 1.36. The molecular formula is C22H20N6O3S. The van der Waals surface area contributed by atoms with E-state index in [0.29, 0.717) is 22.8 Å². The maximum absolute atomic E-state index is 12.7. The van der Waals surface area contributed by atoms with E-state index in [-0.39, 0.29) is 5.56 Å². The van der Waals surface area contributed by atoms with Crippen LogP contribution in [0.4, 0.5) is 0 Å². The second kappa shape index (κ2) is 9.48. The monoisotopic (exact) mass is 448 g/mol. The van der Waals surface area contributed by atoms with E-state index >= 15 is 0 Å². The van der Waals surface area contributed by atoms with Crippen LogP contribution in [0.2, 0.25) is 0 Å². The van der Waals surface area contributed by atoms with Gasteiger partial charge in [-0.1, -0.05) is 59.4 Å². The summed E-state index contributed by atoms with van der Waals surface area (Å²) in [6.45, 7) is 1.65. The van der Waals surface area contributed by atoms with Gasteiger partial charge in [0.05, 0.1) is 0 Å². The molecule has 2 N–H and O–H groups in total. The normalized spacial score (nSPS) is 10.7. The van der Waals surface area contributed by atoms with Gasteiger partial charge in [-0.2, -0.15) is 0 Å². The molecule has 2 aromatic carbocycles. The van der Waals surface area contributed by atoms with Crippen molar-refractivity contribution in [3.05, 3.63) is 83.4 Å². The van der Waals surface area contributed by atoms with Crippen LogP contribution in [0.25, 0.3) is 11.3 Å². The van der Waals surface area contributed by atoms with Crippen LogP contribution in [-0.2, 0) is 12.8 Å². The number of benzene rings is 2. The summed E-state index contributed by atoms with van der Waals surface area (Å²) in [6.07, 6.45) is 1.65. The van der Waals surface area contributed by atoms with Crippen molar-refractivity contribution in [3.8, 4) is 11.3 Å². The lowest BCUT2D eigenvalue weighted by atomic mass is 10.1. The number of carbonyl (C=O) groups excluding carboxylic acids is 2. The molecule has 10 heteroatoms. The minimum atomic E-state index is -0.507. The number of aromatic nitrogens is 4. The Hall–Kier alpha value is -3.92. The van der Waals surface area contributed by atoms with Crippen molar-refractivity contribution < 1.29 is 14.1 Å².